The smallest absolute Gasteiger partial charge is 0.194 e. The lowest BCUT2D eigenvalue weighted by atomic mass is 9.97. The third-order valence-electron chi connectivity index (χ3n) is 4.01. The number of aromatic nitrogens is 2. The zero-order chi connectivity index (χ0) is 14.1. The lowest BCUT2D eigenvalue weighted by Gasteiger charge is -2.10. The minimum atomic E-state index is 0.630. The summed E-state index contributed by atoms with van der Waals surface area (Å²) in [5.74, 6) is 0.630. The molecule has 104 valence electrons. The van der Waals surface area contributed by atoms with Gasteiger partial charge in [-0.2, -0.15) is 0 Å². The van der Waals surface area contributed by atoms with Crippen LogP contribution in [-0.4, -0.2) is 9.38 Å². The molecule has 0 aliphatic heterocycles. The third kappa shape index (κ3) is 2.16. The van der Waals surface area contributed by atoms with E-state index in [0.29, 0.717) is 5.92 Å². The van der Waals surface area contributed by atoms with Crippen LogP contribution in [0.4, 0.5) is 0 Å². The molecule has 0 bridgehead atoms. The van der Waals surface area contributed by atoms with Crippen molar-refractivity contribution < 1.29 is 0 Å². The van der Waals surface area contributed by atoms with Gasteiger partial charge in [-0.3, -0.25) is 4.40 Å². The molecule has 2 aromatic heterocycles. The molecule has 3 aromatic rings. The number of benzene rings is 1. The van der Waals surface area contributed by atoms with E-state index in [4.69, 9.17) is 0 Å². The second-order valence-electron chi connectivity index (χ2n) is 5.24. The Hall–Kier alpha value is -1.61. The van der Waals surface area contributed by atoms with Gasteiger partial charge in [0.05, 0.1) is 5.69 Å². The van der Waals surface area contributed by atoms with Gasteiger partial charge in [-0.15, -0.1) is 11.3 Å². The van der Waals surface area contributed by atoms with Crippen LogP contribution in [0, 0.1) is 0 Å². The maximum Gasteiger partial charge on any atom is 0.194 e. The molecule has 0 aliphatic rings. The molecule has 0 amide bonds. The van der Waals surface area contributed by atoms with E-state index in [1.807, 2.05) is 6.20 Å². The fraction of sp³-hybridized carbons (Fsp3) is 0.353. The summed E-state index contributed by atoms with van der Waals surface area (Å²) in [4.78, 5) is 6.91. The van der Waals surface area contributed by atoms with Crippen LogP contribution in [0.3, 0.4) is 0 Å². The van der Waals surface area contributed by atoms with Gasteiger partial charge in [-0.1, -0.05) is 45.0 Å². The van der Waals surface area contributed by atoms with E-state index in [0.717, 1.165) is 11.4 Å². The number of imidazole rings is 1. The summed E-state index contributed by atoms with van der Waals surface area (Å²) in [5, 5.41) is 0. The lowest BCUT2D eigenvalue weighted by Crippen LogP contribution is -1.92. The highest BCUT2D eigenvalue weighted by Gasteiger charge is 2.13. The standard InChI is InChI=1S/C17H20N2S/c1-4-12(3)13-6-8-14(9-7-13)16-15(5-2)20-17-18-10-11-19(16)17/h6-12H,4-5H2,1-3H3. The second-order valence-corrected chi connectivity index (χ2v) is 6.30. The SMILES string of the molecule is CCc1sc2nccn2c1-c1ccc(C(C)CC)cc1. The normalized spacial score (nSPS) is 12.9. The Labute approximate surface area is 124 Å². The van der Waals surface area contributed by atoms with Gasteiger partial charge in [0.1, 0.15) is 0 Å². The first-order chi connectivity index (χ1) is 9.74. The van der Waals surface area contributed by atoms with E-state index in [-0.39, 0.29) is 0 Å². The molecule has 0 N–H and O–H groups in total. The van der Waals surface area contributed by atoms with Crippen molar-refractivity contribution in [3.63, 3.8) is 0 Å². The molecule has 0 aliphatic carbocycles. The summed E-state index contributed by atoms with van der Waals surface area (Å²) < 4.78 is 2.21. The van der Waals surface area contributed by atoms with Crippen LogP contribution in [0.5, 0.6) is 0 Å². The highest BCUT2D eigenvalue weighted by molar-refractivity contribution is 7.17. The van der Waals surface area contributed by atoms with Crippen molar-refractivity contribution in [1.29, 1.82) is 0 Å². The number of hydrogen-bond acceptors (Lipinski definition) is 2. The van der Waals surface area contributed by atoms with E-state index in [9.17, 15) is 0 Å². The number of hydrogen-bond donors (Lipinski definition) is 0. The molecule has 0 spiro atoms. The van der Waals surface area contributed by atoms with Gasteiger partial charge in [-0.05, 0) is 29.9 Å². The molecule has 0 saturated heterocycles. The molecule has 2 nitrogen and oxygen atoms in total. The van der Waals surface area contributed by atoms with Crippen LogP contribution >= 0.6 is 11.3 Å². The topological polar surface area (TPSA) is 17.3 Å². The maximum atomic E-state index is 4.41. The molecule has 3 heteroatoms. The molecule has 0 fully saturated rings. The number of fused-ring (bicyclic) bond motifs is 1. The predicted molar refractivity (Wildman–Crippen MR) is 86.6 cm³/mol. The van der Waals surface area contributed by atoms with E-state index >= 15 is 0 Å². The number of rotatable bonds is 4. The molecule has 3 rings (SSSR count). The Morgan fingerprint density at radius 2 is 1.95 bits per heavy atom. The van der Waals surface area contributed by atoms with Gasteiger partial charge < -0.3 is 0 Å². The zero-order valence-corrected chi connectivity index (χ0v) is 13.1. The Bertz CT molecular complexity index is 706. The van der Waals surface area contributed by atoms with Crippen LogP contribution < -0.4 is 0 Å². The molecular weight excluding hydrogens is 264 g/mol. The quantitative estimate of drug-likeness (QED) is 0.648. The van der Waals surface area contributed by atoms with Crippen molar-refractivity contribution in [2.75, 3.05) is 0 Å². The largest absolute Gasteiger partial charge is 0.290 e. The fourth-order valence-electron chi connectivity index (χ4n) is 2.57. The molecule has 20 heavy (non-hydrogen) atoms. The first-order valence-electron chi connectivity index (χ1n) is 7.29. The van der Waals surface area contributed by atoms with Crippen molar-refractivity contribution in [1.82, 2.24) is 9.38 Å². The Morgan fingerprint density at radius 1 is 1.20 bits per heavy atom. The third-order valence-corrected chi connectivity index (χ3v) is 5.23. The van der Waals surface area contributed by atoms with Gasteiger partial charge in [0.15, 0.2) is 4.96 Å². The average Bonchev–Trinajstić information content (AvgIpc) is 3.06. The fourth-order valence-corrected chi connectivity index (χ4v) is 3.61. The highest BCUT2D eigenvalue weighted by atomic mass is 32.1. The van der Waals surface area contributed by atoms with Crippen molar-refractivity contribution in [2.45, 2.75) is 39.5 Å². The van der Waals surface area contributed by atoms with Crippen molar-refractivity contribution in [3.8, 4) is 11.3 Å². The van der Waals surface area contributed by atoms with Gasteiger partial charge in [-0.25, -0.2) is 4.98 Å². The van der Waals surface area contributed by atoms with Crippen LogP contribution in [-0.2, 0) is 6.42 Å². The molecule has 1 unspecified atom stereocenters. The number of aryl methyl sites for hydroxylation is 1. The minimum absolute atomic E-state index is 0.630. The molecule has 1 atom stereocenters. The van der Waals surface area contributed by atoms with Gasteiger partial charge in [0.25, 0.3) is 0 Å². The second kappa shape index (κ2) is 5.41. The van der Waals surface area contributed by atoms with Crippen molar-refractivity contribution >= 4 is 16.3 Å². The Balaban J connectivity index is 2.08. The van der Waals surface area contributed by atoms with Crippen LogP contribution in [0.15, 0.2) is 36.7 Å². The summed E-state index contributed by atoms with van der Waals surface area (Å²) in [7, 11) is 0. The lowest BCUT2D eigenvalue weighted by molar-refractivity contribution is 0.734. The summed E-state index contributed by atoms with van der Waals surface area (Å²) in [6.07, 6.45) is 6.17. The summed E-state index contributed by atoms with van der Waals surface area (Å²) in [6, 6.07) is 9.04. The van der Waals surface area contributed by atoms with Crippen LogP contribution in [0.1, 0.15) is 43.6 Å². The first kappa shape index (κ1) is 13.4. The first-order valence-corrected chi connectivity index (χ1v) is 8.11. The summed E-state index contributed by atoms with van der Waals surface area (Å²) in [6.45, 7) is 6.73. The van der Waals surface area contributed by atoms with E-state index in [2.05, 4.69) is 60.6 Å². The maximum absolute atomic E-state index is 4.41. The Kier molecular flexibility index (Phi) is 3.62. The van der Waals surface area contributed by atoms with Crippen molar-refractivity contribution in [2.24, 2.45) is 0 Å². The van der Waals surface area contributed by atoms with E-state index < -0.39 is 0 Å². The molecule has 0 saturated carbocycles. The highest BCUT2D eigenvalue weighted by Crippen LogP contribution is 2.32. The Morgan fingerprint density at radius 3 is 2.60 bits per heavy atom. The van der Waals surface area contributed by atoms with Crippen molar-refractivity contribution in [3.05, 3.63) is 47.1 Å². The van der Waals surface area contributed by atoms with Gasteiger partial charge >= 0.3 is 0 Å². The van der Waals surface area contributed by atoms with E-state index in [1.165, 1.54) is 28.1 Å². The molecule has 2 heterocycles. The van der Waals surface area contributed by atoms with Gasteiger partial charge in [0.2, 0.25) is 0 Å². The zero-order valence-electron chi connectivity index (χ0n) is 12.3. The molecular formula is C17H20N2S. The molecule has 0 radical (unpaired) electrons. The molecule has 1 aromatic carbocycles. The van der Waals surface area contributed by atoms with Crippen LogP contribution in [0.25, 0.3) is 16.2 Å². The van der Waals surface area contributed by atoms with Gasteiger partial charge in [0, 0.05) is 17.3 Å². The number of thiazole rings is 1. The summed E-state index contributed by atoms with van der Waals surface area (Å²) >= 11 is 1.79. The number of nitrogens with zero attached hydrogens (tertiary/aromatic N) is 2. The average molecular weight is 284 g/mol. The monoisotopic (exact) mass is 284 g/mol. The van der Waals surface area contributed by atoms with Crippen LogP contribution in [0.2, 0.25) is 0 Å². The summed E-state index contributed by atoms with van der Waals surface area (Å²) in [5.41, 5.74) is 4.02. The minimum Gasteiger partial charge on any atom is -0.290 e. The van der Waals surface area contributed by atoms with E-state index in [1.54, 1.807) is 11.3 Å². The predicted octanol–water partition coefficient (Wildman–Crippen LogP) is 5.14.